The number of rotatable bonds is 9. The summed E-state index contributed by atoms with van der Waals surface area (Å²) in [6, 6.07) is 85.9. The molecule has 0 aliphatic heterocycles. The van der Waals surface area contributed by atoms with Crippen molar-refractivity contribution in [1.82, 2.24) is 24.1 Å². The second-order valence-corrected chi connectivity index (χ2v) is 22.0. The minimum atomic E-state index is -2.83. The van der Waals surface area contributed by atoms with Gasteiger partial charge < -0.3 is 4.57 Å². The molecule has 0 saturated carbocycles. The van der Waals surface area contributed by atoms with Gasteiger partial charge in [0.2, 0.25) is 5.95 Å². The molecule has 12 aromatic rings. The standard InChI is InChI=1S/C63H47N5Si/c1-6-21-44(22-7-1)61-64-62(47-23-20-32-52(41-47)69(49-26-10-3-11-27-49,50-28-12-4-13-29-50)51-30-14-5-15-31-51)66-63(65-61)68-58-36-19-17-34-54(58)56-43-46(38-40-60(56)68)45-37-39-59-55(42-45)53-33-16-18-35-57(53)67(59)48-24-8-2-9-25-48/h1-15,17,19-32,34,36-43H,16,18,33,35H2. The fraction of sp³-hybridized carbons (Fsp3) is 0.0635. The predicted molar refractivity (Wildman–Crippen MR) is 288 cm³/mol. The minimum absolute atomic E-state index is 0.580. The van der Waals surface area contributed by atoms with E-state index in [0.717, 1.165) is 45.8 Å². The summed E-state index contributed by atoms with van der Waals surface area (Å²) in [6.45, 7) is 0. The van der Waals surface area contributed by atoms with E-state index in [1.807, 2.05) is 18.2 Å². The van der Waals surface area contributed by atoms with E-state index < -0.39 is 8.07 Å². The van der Waals surface area contributed by atoms with Gasteiger partial charge in [0.1, 0.15) is 0 Å². The zero-order valence-corrected chi connectivity index (χ0v) is 39.1. The Hall–Kier alpha value is -8.45. The van der Waals surface area contributed by atoms with Crippen LogP contribution in [-0.2, 0) is 12.8 Å². The Morgan fingerprint density at radius 2 is 0.826 bits per heavy atom. The lowest BCUT2D eigenvalue weighted by Gasteiger charge is -2.34. The van der Waals surface area contributed by atoms with Crippen molar-refractivity contribution < 1.29 is 0 Å². The normalized spacial score (nSPS) is 12.7. The van der Waals surface area contributed by atoms with E-state index in [2.05, 4.69) is 228 Å². The van der Waals surface area contributed by atoms with Gasteiger partial charge in [-0.2, -0.15) is 9.97 Å². The fourth-order valence-electron chi connectivity index (χ4n) is 11.2. The van der Waals surface area contributed by atoms with E-state index >= 15 is 0 Å². The maximum Gasteiger partial charge on any atom is 0.238 e. The SMILES string of the molecule is c1ccc(-c2nc(-c3cccc([Si](c4ccccc4)(c4ccccc4)c4ccccc4)c3)nc(-n3c4ccccc4c4cc(-c5ccc6c(c5)c5c(n6-c6ccccc6)CCCC5)ccc43)n2)cc1. The van der Waals surface area contributed by atoms with E-state index in [1.54, 1.807) is 0 Å². The Kier molecular flexibility index (Phi) is 10.1. The quantitative estimate of drug-likeness (QED) is 0.107. The molecule has 0 atom stereocenters. The van der Waals surface area contributed by atoms with Crippen molar-refractivity contribution in [3.05, 3.63) is 248 Å². The Morgan fingerprint density at radius 1 is 0.333 bits per heavy atom. The van der Waals surface area contributed by atoms with Gasteiger partial charge in [0.15, 0.2) is 19.7 Å². The zero-order chi connectivity index (χ0) is 45.7. The fourth-order valence-corrected chi connectivity index (χ4v) is 16.0. The number of para-hydroxylation sites is 2. The summed E-state index contributed by atoms with van der Waals surface area (Å²) in [5, 5.41) is 8.87. The molecule has 328 valence electrons. The van der Waals surface area contributed by atoms with Gasteiger partial charge in [-0.3, -0.25) is 4.57 Å². The molecule has 0 unspecified atom stereocenters. The van der Waals surface area contributed by atoms with Crippen LogP contribution >= 0.6 is 0 Å². The maximum atomic E-state index is 5.45. The first kappa shape index (κ1) is 40.8. The van der Waals surface area contributed by atoms with Gasteiger partial charge in [-0.15, -0.1) is 0 Å². The van der Waals surface area contributed by atoms with Crippen LogP contribution in [0.25, 0.3) is 78.2 Å². The van der Waals surface area contributed by atoms with Crippen LogP contribution in [0.3, 0.4) is 0 Å². The topological polar surface area (TPSA) is 48.5 Å². The second kappa shape index (κ2) is 17.0. The van der Waals surface area contributed by atoms with Gasteiger partial charge in [-0.25, -0.2) is 4.98 Å². The van der Waals surface area contributed by atoms with E-state index in [-0.39, 0.29) is 0 Å². The van der Waals surface area contributed by atoms with Crippen LogP contribution in [-0.4, -0.2) is 32.2 Å². The average molecular weight is 902 g/mol. The smallest absolute Gasteiger partial charge is 0.238 e. The highest BCUT2D eigenvalue weighted by atomic mass is 28.3. The van der Waals surface area contributed by atoms with E-state index in [1.165, 1.54) is 72.6 Å². The lowest BCUT2D eigenvalue weighted by Crippen LogP contribution is -2.74. The van der Waals surface area contributed by atoms with Gasteiger partial charge in [0.05, 0.1) is 16.6 Å². The minimum Gasteiger partial charge on any atom is -0.313 e. The molecule has 0 saturated heterocycles. The van der Waals surface area contributed by atoms with Crippen molar-refractivity contribution in [2.75, 3.05) is 0 Å². The van der Waals surface area contributed by atoms with Crippen LogP contribution in [0.5, 0.6) is 0 Å². The Labute approximate surface area is 402 Å². The molecule has 6 heteroatoms. The lowest BCUT2D eigenvalue weighted by molar-refractivity contribution is 0.667. The molecule has 0 amide bonds. The summed E-state index contributed by atoms with van der Waals surface area (Å²) in [4.78, 5) is 16.1. The molecule has 0 bridgehead atoms. The van der Waals surface area contributed by atoms with Crippen molar-refractivity contribution >= 4 is 61.5 Å². The van der Waals surface area contributed by atoms with E-state index in [9.17, 15) is 0 Å². The summed E-state index contributed by atoms with van der Waals surface area (Å²) in [6.07, 6.45) is 4.67. The van der Waals surface area contributed by atoms with Crippen LogP contribution in [0.4, 0.5) is 0 Å². The molecule has 0 fully saturated rings. The van der Waals surface area contributed by atoms with Gasteiger partial charge in [0.25, 0.3) is 0 Å². The van der Waals surface area contributed by atoms with Crippen molar-refractivity contribution in [2.24, 2.45) is 0 Å². The number of aryl methyl sites for hydroxylation is 1. The monoisotopic (exact) mass is 901 g/mol. The molecule has 0 N–H and O–H groups in total. The van der Waals surface area contributed by atoms with Crippen LogP contribution in [0.1, 0.15) is 24.1 Å². The Bertz CT molecular complexity index is 3730. The molecule has 1 aliphatic rings. The van der Waals surface area contributed by atoms with Crippen molar-refractivity contribution in [3.63, 3.8) is 0 Å². The molecular formula is C63H47N5Si. The van der Waals surface area contributed by atoms with Gasteiger partial charge in [0, 0.05) is 38.7 Å². The third-order valence-corrected chi connectivity index (χ3v) is 19.1. The number of hydrogen-bond acceptors (Lipinski definition) is 3. The number of benzene rings is 9. The Morgan fingerprint density at radius 3 is 1.48 bits per heavy atom. The molecule has 9 aromatic carbocycles. The van der Waals surface area contributed by atoms with Crippen molar-refractivity contribution in [3.8, 4) is 45.5 Å². The van der Waals surface area contributed by atoms with Crippen molar-refractivity contribution in [1.29, 1.82) is 0 Å². The third-order valence-electron chi connectivity index (χ3n) is 14.3. The summed E-state index contributed by atoms with van der Waals surface area (Å²) in [7, 11) is -2.83. The molecule has 3 aromatic heterocycles. The highest BCUT2D eigenvalue weighted by Crippen LogP contribution is 2.39. The number of hydrogen-bond donors (Lipinski definition) is 0. The number of fused-ring (bicyclic) bond motifs is 6. The van der Waals surface area contributed by atoms with E-state index in [4.69, 9.17) is 15.0 Å². The first-order valence-electron chi connectivity index (χ1n) is 24.1. The molecular weight excluding hydrogens is 855 g/mol. The molecule has 5 nitrogen and oxygen atoms in total. The summed E-state index contributed by atoms with van der Waals surface area (Å²) in [5.41, 5.74) is 11.8. The average Bonchev–Trinajstić information content (AvgIpc) is 3.95. The Balaban J connectivity index is 0.988. The summed E-state index contributed by atoms with van der Waals surface area (Å²) >= 11 is 0. The predicted octanol–water partition coefficient (Wildman–Crippen LogP) is 12.2. The highest BCUT2D eigenvalue weighted by Gasteiger charge is 2.41. The lowest BCUT2D eigenvalue weighted by atomic mass is 9.94. The van der Waals surface area contributed by atoms with Gasteiger partial charge >= 0.3 is 0 Å². The molecule has 1 aliphatic carbocycles. The molecule has 13 rings (SSSR count). The first-order valence-corrected chi connectivity index (χ1v) is 26.1. The van der Waals surface area contributed by atoms with Gasteiger partial charge in [-0.1, -0.05) is 194 Å². The highest BCUT2D eigenvalue weighted by molar-refractivity contribution is 7.19. The van der Waals surface area contributed by atoms with E-state index in [0.29, 0.717) is 17.6 Å². The maximum absolute atomic E-state index is 5.45. The van der Waals surface area contributed by atoms with Crippen LogP contribution in [0, 0.1) is 0 Å². The number of aromatic nitrogens is 5. The van der Waals surface area contributed by atoms with Crippen LogP contribution < -0.4 is 20.7 Å². The second-order valence-electron chi connectivity index (χ2n) is 18.2. The third kappa shape index (κ3) is 6.86. The molecule has 0 spiro atoms. The van der Waals surface area contributed by atoms with Gasteiger partial charge in [-0.05, 0) is 106 Å². The largest absolute Gasteiger partial charge is 0.313 e. The summed E-state index contributed by atoms with van der Waals surface area (Å²) in [5.74, 6) is 1.83. The number of nitrogens with zero attached hydrogens (tertiary/aromatic N) is 5. The zero-order valence-electron chi connectivity index (χ0n) is 38.1. The van der Waals surface area contributed by atoms with Crippen LogP contribution in [0.15, 0.2) is 237 Å². The first-order chi connectivity index (χ1) is 34.2. The van der Waals surface area contributed by atoms with Crippen molar-refractivity contribution in [2.45, 2.75) is 25.7 Å². The molecule has 3 heterocycles. The molecule has 0 radical (unpaired) electrons. The summed E-state index contributed by atoms with van der Waals surface area (Å²) < 4.78 is 4.73. The van der Waals surface area contributed by atoms with Crippen LogP contribution in [0.2, 0.25) is 0 Å². The molecule has 69 heavy (non-hydrogen) atoms.